The van der Waals surface area contributed by atoms with Gasteiger partial charge in [-0.25, -0.2) is 8.78 Å². The predicted octanol–water partition coefficient (Wildman–Crippen LogP) is 3.16. The maximum atomic E-state index is 13.6. The van der Waals surface area contributed by atoms with Gasteiger partial charge in [0.2, 0.25) is 11.8 Å². The minimum atomic E-state index is -0.909. The minimum absolute atomic E-state index is 0.120. The zero-order valence-corrected chi connectivity index (χ0v) is 13.7. The number of carbonyl (C=O) groups is 3. The van der Waals surface area contributed by atoms with Crippen molar-refractivity contribution in [2.45, 2.75) is 13.8 Å². The molecule has 2 aromatic carbocycles. The third-order valence-electron chi connectivity index (χ3n) is 3.47. The molecular formula is C18H16F2N2O3. The first-order valence-electron chi connectivity index (χ1n) is 7.42. The van der Waals surface area contributed by atoms with Crippen molar-refractivity contribution >= 4 is 29.0 Å². The molecule has 0 aliphatic carbocycles. The molecule has 0 atom stereocenters. The van der Waals surface area contributed by atoms with Crippen molar-refractivity contribution in [3.63, 3.8) is 0 Å². The summed E-state index contributed by atoms with van der Waals surface area (Å²) in [6, 6.07) is 8.95. The normalized spacial score (nSPS) is 10.2. The third-order valence-corrected chi connectivity index (χ3v) is 3.47. The van der Waals surface area contributed by atoms with Gasteiger partial charge in [-0.2, -0.15) is 0 Å². The first kappa shape index (κ1) is 18.3. The molecule has 0 heterocycles. The Kier molecular flexibility index (Phi) is 5.59. The standard InChI is InChI=1S/C18H16F2N2O3/c1-11(23)13-3-6-15(7-4-13)22(12(2)24)10-18(25)21-17-8-5-14(19)9-16(17)20/h3-9H,10H2,1-2H3,(H,21,25). The number of Topliss-reactive ketones (excluding diaryl/α,β-unsaturated/α-hetero) is 1. The Bertz CT molecular complexity index is 820. The topological polar surface area (TPSA) is 66.5 Å². The Labute approximate surface area is 143 Å². The van der Waals surface area contributed by atoms with Crippen molar-refractivity contribution in [3.05, 3.63) is 59.7 Å². The molecule has 0 aliphatic rings. The predicted molar refractivity (Wildman–Crippen MR) is 89.5 cm³/mol. The largest absolute Gasteiger partial charge is 0.322 e. The molecule has 0 bridgehead atoms. The summed E-state index contributed by atoms with van der Waals surface area (Å²) in [5.41, 5.74) is 0.721. The van der Waals surface area contributed by atoms with Crippen LogP contribution in [-0.2, 0) is 9.59 Å². The van der Waals surface area contributed by atoms with E-state index in [0.717, 1.165) is 12.1 Å². The fourth-order valence-electron chi connectivity index (χ4n) is 2.18. The average molecular weight is 346 g/mol. The van der Waals surface area contributed by atoms with Gasteiger partial charge in [0.05, 0.1) is 5.69 Å². The molecule has 0 fully saturated rings. The molecule has 7 heteroatoms. The lowest BCUT2D eigenvalue weighted by molar-refractivity contribution is -0.120. The van der Waals surface area contributed by atoms with Crippen LogP contribution in [0.1, 0.15) is 24.2 Å². The van der Waals surface area contributed by atoms with E-state index in [4.69, 9.17) is 0 Å². The number of nitrogens with zero attached hydrogens (tertiary/aromatic N) is 1. The van der Waals surface area contributed by atoms with Crippen LogP contribution in [0.4, 0.5) is 20.2 Å². The maximum absolute atomic E-state index is 13.6. The van der Waals surface area contributed by atoms with Crippen molar-refractivity contribution in [3.8, 4) is 0 Å². The summed E-state index contributed by atoms with van der Waals surface area (Å²) in [5, 5.41) is 2.29. The highest BCUT2D eigenvalue weighted by Gasteiger charge is 2.17. The lowest BCUT2D eigenvalue weighted by atomic mass is 10.1. The van der Waals surface area contributed by atoms with E-state index in [9.17, 15) is 23.2 Å². The lowest BCUT2D eigenvalue weighted by Crippen LogP contribution is -2.36. The molecule has 0 aliphatic heterocycles. The summed E-state index contributed by atoms with van der Waals surface area (Å²) in [6.45, 7) is 2.35. The van der Waals surface area contributed by atoms with E-state index in [1.807, 2.05) is 0 Å². The summed E-state index contributed by atoms with van der Waals surface area (Å²) in [7, 11) is 0. The van der Waals surface area contributed by atoms with E-state index in [2.05, 4.69) is 5.32 Å². The molecule has 5 nitrogen and oxygen atoms in total. The maximum Gasteiger partial charge on any atom is 0.244 e. The SMILES string of the molecule is CC(=O)c1ccc(N(CC(=O)Nc2ccc(F)cc2F)C(C)=O)cc1. The second-order valence-electron chi connectivity index (χ2n) is 5.38. The number of anilines is 2. The number of halogens is 2. The first-order valence-corrected chi connectivity index (χ1v) is 7.42. The number of amides is 2. The van der Waals surface area contributed by atoms with Crippen molar-refractivity contribution in [1.29, 1.82) is 0 Å². The zero-order chi connectivity index (χ0) is 18.6. The highest BCUT2D eigenvalue weighted by Crippen LogP contribution is 2.18. The Morgan fingerprint density at radius 2 is 1.64 bits per heavy atom. The van der Waals surface area contributed by atoms with Crippen LogP contribution >= 0.6 is 0 Å². The molecule has 25 heavy (non-hydrogen) atoms. The smallest absolute Gasteiger partial charge is 0.244 e. The van der Waals surface area contributed by atoms with Gasteiger partial charge in [0.25, 0.3) is 0 Å². The molecule has 1 N–H and O–H groups in total. The summed E-state index contributed by atoms with van der Waals surface area (Å²) in [5.74, 6) is -2.83. The first-order chi connectivity index (χ1) is 11.8. The van der Waals surface area contributed by atoms with Crippen molar-refractivity contribution < 1.29 is 23.2 Å². The van der Waals surface area contributed by atoms with Crippen LogP contribution in [0.15, 0.2) is 42.5 Å². The van der Waals surface area contributed by atoms with Crippen molar-refractivity contribution in [2.75, 3.05) is 16.8 Å². The number of carbonyl (C=O) groups excluding carboxylic acids is 3. The quantitative estimate of drug-likeness (QED) is 0.846. The summed E-state index contributed by atoms with van der Waals surface area (Å²) in [4.78, 5) is 36.4. The highest BCUT2D eigenvalue weighted by molar-refractivity contribution is 6.02. The van der Waals surface area contributed by atoms with Gasteiger partial charge in [-0.1, -0.05) is 0 Å². The number of rotatable bonds is 5. The molecule has 0 unspecified atom stereocenters. The van der Waals surface area contributed by atoms with Gasteiger partial charge < -0.3 is 10.2 Å². The van der Waals surface area contributed by atoms with Gasteiger partial charge in [-0.05, 0) is 43.3 Å². The van der Waals surface area contributed by atoms with Crippen LogP contribution in [0.5, 0.6) is 0 Å². The number of benzene rings is 2. The van der Waals surface area contributed by atoms with Gasteiger partial charge in [-0.15, -0.1) is 0 Å². The van der Waals surface area contributed by atoms with E-state index in [1.165, 1.54) is 18.7 Å². The molecule has 0 saturated carbocycles. The summed E-state index contributed by atoms with van der Waals surface area (Å²) < 4.78 is 26.5. The monoisotopic (exact) mass is 346 g/mol. The van der Waals surface area contributed by atoms with E-state index in [-0.39, 0.29) is 18.0 Å². The van der Waals surface area contributed by atoms with Crippen LogP contribution in [0.25, 0.3) is 0 Å². The number of nitrogens with one attached hydrogen (secondary N) is 1. The van der Waals surface area contributed by atoms with E-state index in [0.29, 0.717) is 17.3 Å². The lowest BCUT2D eigenvalue weighted by Gasteiger charge is -2.21. The number of hydrogen-bond acceptors (Lipinski definition) is 3. The van der Waals surface area contributed by atoms with Crippen molar-refractivity contribution in [1.82, 2.24) is 0 Å². The Morgan fingerprint density at radius 3 is 2.16 bits per heavy atom. The van der Waals surface area contributed by atoms with Crippen LogP contribution in [0, 0.1) is 11.6 Å². The Morgan fingerprint density at radius 1 is 1.00 bits per heavy atom. The van der Waals surface area contributed by atoms with Gasteiger partial charge in [0.1, 0.15) is 18.2 Å². The van der Waals surface area contributed by atoms with E-state index in [1.54, 1.807) is 24.3 Å². The van der Waals surface area contributed by atoms with E-state index >= 15 is 0 Å². The fourth-order valence-corrected chi connectivity index (χ4v) is 2.18. The highest BCUT2D eigenvalue weighted by atomic mass is 19.1. The minimum Gasteiger partial charge on any atom is -0.322 e. The Hall–Kier alpha value is -3.09. The van der Waals surface area contributed by atoms with Gasteiger partial charge >= 0.3 is 0 Å². The molecule has 0 saturated heterocycles. The van der Waals surface area contributed by atoms with Crippen LogP contribution in [-0.4, -0.2) is 24.1 Å². The number of hydrogen-bond donors (Lipinski definition) is 1. The third kappa shape index (κ3) is 4.69. The van der Waals surface area contributed by atoms with Crippen LogP contribution < -0.4 is 10.2 Å². The van der Waals surface area contributed by atoms with E-state index < -0.39 is 23.4 Å². The summed E-state index contributed by atoms with van der Waals surface area (Å²) >= 11 is 0. The van der Waals surface area contributed by atoms with Crippen LogP contribution in [0.3, 0.4) is 0 Å². The zero-order valence-electron chi connectivity index (χ0n) is 13.7. The Balaban J connectivity index is 2.14. The van der Waals surface area contributed by atoms with Crippen molar-refractivity contribution in [2.24, 2.45) is 0 Å². The molecule has 0 radical (unpaired) electrons. The van der Waals surface area contributed by atoms with Gasteiger partial charge in [0.15, 0.2) is 5.78 Å². The molecule has 0 spiro atoms. The molecule has 2 rings (SSSR count). The van der Waals surface area contributed by atoms with Crippen LogP contribution in [0.2, 0.25) is 0 Å². The average Bonchev–Trinajstić information content (AvgIpc) is 2.55. The molecular weight excluding hydrogens is 330 g/mol. The van der Waals surface area contributed by atoms with Gasteiger partial charge in [-0.3, -0.25) is 14.4 Å². The number of ketones is 1. The second kappa shape index (κ2) is 7.65. The molecule has 130 valence electrons. The summed E-state index contributed by atoms with van der Waals surface area (Å²) in [6.07, 6.45) is 0. The molecule has 0 aromatic heterocycles. The molecule has 2 aromatic rings. The molecule has 2 amide bonds. The second-order valence-corrected chi connectivity index (χ2v) is 5.38. The van der Waals surface area contributed by atoms with Gasteiger partial charge in [0, 0.05) is 24.2 Å². The fraction of sp³-hybridized carbons (Fsp3) is 0.167.